The van der Waals surface area contributed by atoms with E-state index in [4.69, 9.17) is 0 Å². The Kier molecular flexibility index (Phi) is 15.3. The highest BCUT2D eigenvalue weighted by atomic mass is 79.9. The molecule has 0 aliphatic carbocycles. The van der Waals surface area contributed by atoms with Gasteiger partial charge in [-0.05, 0) is 37.5 Å². The van der Waals surface area contributed by atoms with Crippen LogP contribution in [0.4, 0.5) is 0 Å². The number of unbranched alkanes of at least 4 members (excludes halogenated alkanes) is 3. The first-order chi connectivity index (χ1) is 9.40. The predicted octanol–water partition coefficient (Wildman–Crippen LogP) is 1.01. The van der Waals surface area contributed by atoms with Crippen molar-refractivity contribution in [1.82, 2.24) is 0 Å². The zero-order chi connectivity index (χ0) is 15.5. The molecule has 0 fully saturated rings. The van der Waals surface area contributed by atoms with Crippen molar-refractivity contribution < 1.29 is 27.1 Å². The van der Waals surface area contributed by atoms with Crippen LogP contribution in [0.5, 0.6) is 0 Å². The van der Waals surface area contributed by atoms with Gasteiger partial charge < -0.3 is 17.0 Å². The number of hydrogen-bond acceptors (Lipinski definition) is 1. The Hall–Kier alpha value is 0.110. The van der Waals surface area contributed by atoms with Gasteiger partial charge >= 0.3 is 5.91 Å². The summed E-state index contributed by atoms with van der Waals surface area (Å²) in [5.41, 5.74) is 0. The molecular formula is C18H38BrNO. The van der Waals surface area contributed by atoms with E-state index in [-0.39, 0.29) is 22.9 Å². The molecule has 0 bridgehead atoms. The van der Waals surface area contributed by atoms with Crippen molar-refractivity contribution in [3.63, 3.8) is 0 Å². The molecule has 2 nitrogen and oxygen atoms in total. The van der Waals surface area contributed by atoms with Gasteiger partial charge in [0.05, 0.1) is 12.5 Å². The van der Waals surface area contributed by atoms with Crippen LogP contribution in [0.2, 0.25) is 0 Å². The minimum Gasteiger partial charge on any atom is -1.00 e. The Balaban J connectivity index is 0. The molecule has 3 unspecified atom stereocenters. The molecule has 0 radical (unpaired) electrons. The Morgan fingerprint density at radius 2 is 1.57 bits per heavy atom. The van der Waals surface area contributed by atoms with Crippen molar-refractivity contribution in [1.29, 1.82) is 0 Å². The molecule has 0 aliphatic heterocycles. The molecular weight excluding hydrogens is 326 g/mol. The van der Waals surface area contributed by atoms with E-state index in [0.717, 1.165) is 12.5 Å². The lowest BCUT2D eigenvalue weighted by Crippen LogP contribution is -3.00. The van der Waals surface area contributed by atoms with E-state index in [1.807, 2.05) is 5.32 Å². The largest absolute Gasteiger partial charge is 1.00 e. The summed E-state index contributed by atoms with van der Waals surface area (Å²) in [4.78, 5) is 12.2. The van der Waals surface area contributed by atoms with E-state index in [0.29, 0.717) is 17.7 Å². The summed E-state index contributed by atoms with van der Waals surface area (Å²) in [6.45, 7) is 14.4. The van der Waals surface area contributed by atoms with E-state index < -0.39 is 0 Å². The van der Waals surface area contributed by atoms with Gasteiger partial charge in [-0.1, -0.05) is 60.3 Å². The quantitative estimate of drug-likeness (QED) is 0.546. The first-order valence-corrected chi connectivity index (χ1v) is 8.77. The van der Waals surface area contributed by atoms with Gasteiger partial charge in [0.2, 0.25) is 0 Å². The van der Waals surface area contributed by atoms with Gasteiger partial charge in [0.15, 0.2) is 0 Å². The van der Waals surface area contributed by atoms with Crippen molar-refractivity contribution in [2.24, 2.45) is 23.7 Å². The fourth-order valence-electron chi connectivity index (χ4n) is 2.61. The van der Waals surface area contributed by atoms with Crippen LogP contribution >= 0.6 is 0 Å². The van der Waals surface area contributed by atoms with E-state index in [9.17, 15) is 4.79 Å². The predicted molar refractivity (Wildman–Crippen MR) is 87.5 cm³/mol. The third-order valence-electron chi connectivity index (χ3n) is 4.74. The molecule has 0 rings (SSSR count). The Bertz CT molecular complexity index is 256. The highest BCUT2D eigenvalue weighted by Gasteiger charge is 2.27. The van der Waals surface area contributed by atoms with Crippen LogP contribution in [0.3, 0.4) is 0 Å². The normalized spacial score (nSPS) is 15.4. The lowest BCUT2D eigenvalue weighted by molar-refractivity contribution is -0.572. The third kappa shape index (κ3) is 11.3. The number of carbonyl (C=O) groups is 1. The topological polar surface area (TPSA) is 33.7 Å². The summed E-state index contributed by atoms with van der Waals surface area (Å²) in [5.74, 6) is 2.45. The summed E-state index contributed by atoms with van der Waals surface area (Å²) in [6.07, 6.45) is 7.49. The highest BCUT2D eigenvalue weighted by Crippen LogP contribution is 2.25. The fraction of sp³-hybridized carbons (Fsp3) is 0.944. The second-order valence-electron chi connectivity index (χ2n) is 7.05. The number of rotatable bonds is 11. The number of primary amides is 1. The molecule has 0 spiro atoms. The van der Waals surface area contributed by atoms with Crippen LogP contribution in [0.15, 0.2) is 0 Å². The summed E-state index contributed by atoms with van der Waals surface area (Å²) < 4.78 is 0. The molecule has 0 heterocycles. The molecule has 128 valence electrons. The van der Waals surface area contributed by atoms with Crippen molar-refractivity contribution in [3.8, 4) is 0 Å². The Morgan fingerprint density at radius 1 is 0.952 bits per heavy atom. The molecule has 0 aromatic rings. The van der Waals surface area contributed by atoms with Crippen LogP contribution in [0, 0.1) is 23.7 Å². The molecule has 1 amide bonds. The standard InChI is InChI=1S/C18H37NO.BrH/c1-7-8-9-10-13-19-18(20)17(6)16(5)15(4)12-11-14(2)3;/h14-17H,7-13H2,1-6H3,(H,19,20);1H. The second-order valence-corrected chi connectivity index (χ2v) is 7.05. The van der Waals surface area contributed by atoms with Crippen LogP contribution < -0.4 is 22.3 Å². The third-order valence-corrected chi connectivity index (χ3v) is 4.74. The van der Waals surface area contributed by atoms with Crippen molar-refractivity contribution >= 4 is 5.91 Å². The number of carbonyl (C=O) groups excluding carboxylic acids is 1. The molecule has 0 saturated carbocycles. The molecule has 0 saturated heterocycles. The molecule has 2 N–H and O–H groups in total. The summed E-state index contributed by atoms with van der Waals surface area (Å²) in [6, 6.07) is 0. The van der Waals surface area contributed by atoms with E-state index in [1.165, 1.54) is 38.5 Å². The minimum atomic E-state index is 0. The van der Waals surface area contributed by atoms with E-state index >= 15 is 0 Å². The van der Waals surface area contributed by atoms with Crippen LogP contribution in [0.25, 0.3) is 0 Å². The first kappa shape index (κ1) is 23.4. The summed E-state index contributed by atoms with van der Waals surface area (Å²) >= 11 is 0. The van der Waals surface area contributed by atoms with E-state index in [1.54, 1.807) is 0 Å². The molecule has 0 aromatic carbocycles. The van der Waals surface area contributed by atoms with Gasteiger partial charge in [-0.2, -0.15) is 0 Å². The lowest BCUT2D eigenvalue weighted by atomic mass is 9.81. The van der Waals surface area contributed by atoms with Crippen LogP contribution in [-0.2, 0) is 4.79 Å². The van der Waals surface area contributed by atoms with Crippen LogP contribution in [0.1, 0.15) is 80.1 Å². The zero-order valence-electron chi connectivity index (χ0n) is 15.1. The van der Waals surface area contributed by atoms with Gasteiger partial charge in [0.1, 0.15) is 0 Å². The molecule has 0 aromatic heterocycles. The lowest BCUT2D eigenvalue weighted by Gasteiger charge is -2.24. The zero-order valence-corrected chi connectivity index (χ0v) is 16.7. The Morgan fingerprint density at radius 3 is 2.10 bits per heavy atom. The monoisotopic (exact) mass is 363 g/mol. The number of amides is 1. The van der Waals surface area contributed by atoms with Gasteiger partial charge in [0.25, 0.3) is 0 Å². The summed E-state index contributed by atoms with van der Waals surface area (Å²) in [7, 11) is 0. The first-order valence-electron chi connectivity index (χ1n) is 8.77. The van der Waals surface area contributed by atoms with Gasteiger partial charge in [-0.3, -0.25) is 5.32 Å². The molecule has 0 aliphatic rings. The number of quaternary nitrogens is 1. The van der Waals surface area contributed by atoms with Gasteiger partial charge in [-0.25, -0.2) is 4.79 Å². The average Bonchev–Trinajstić information content (AvgIpc) is 2.42. The SMILES string of the molecule is CCCCCC[NH2+]C(=O)C(C)C(C)C(C)CCC(C)C.[Br-]. The maximum atomic E-state index is 12.2. The van der Waals surface area contributed by atoms with Gasteiger partial charge in [0, 0.05) is 0 Å². The summed E-state index contributed by atoms with van der Waals surface area (Å²) in [5, 5.41) is 1.95. The molecule has 3 atom stereocenters. The second kappa shape index (κ2) is 13.8. The van der Waals surface area contributed by atoms with Crippen molar-refractivity contribution in [3.05, 3.63) is 0 Å². The van der Waals surface area contributed by atoms with Crippen molar-refractivity contribution in [2.45, 2.75) is 80.1 Å². The molecule has 3 heteroatoms. The average molecular weight is 364 g/mol. The van der Waals surface area contributed by atoms with Crippen LogP contribution in [-0.4, -0.2) is 12.5 Å². The van der Waals surface area contributed by atoms with E-state index in [2.05, 4.69) is 41.5 Å². The number of halogens is 1. The maximum Gasteiger partial charge on any atom is 0.313 e. The fourth-order valence-corrected chi connectivity index (χ4v) is 2.61. The number of hydrogen-bond donors (Lipinski definition) is 1. The minimum absolute atomic E-state index is 0. The number of nitrogens with two attached hydrogens (primary N) is 1. The van der Waals surface area contributed by atoms with Crippen molar-refractivity contribution in [2.75, 3.05) is 6.54 Å². The smallest absolute Gasteiger partial charge is 0.313 e. The molecule has 21 heavy (non-hydrogen) atoms. The maximum absolute atomic E-state index is 12.2. The highest BCUT2D eigenvalue weighted by molar-refractivity contribution is 5.68. The van der Waals surface area contributed by atoms with Gasteiger partial charge in [-0.15, -0.1) is 0 Å². The Labute approximate surface area is 143 Å².